The molecule has 22 heavy (non-hydrogen) atoms. The van der Waals surface area contributed by atoms with Gasteiger partial charge in [0, 0.05) is 31.3 Å². The van der Waals surface area contributed by atoms with Crippen LogP contribution in [0.4, 0.5) is 5.69 Å². The Morgan fingerprint density at radius 1 is 1.27 bits per heavy atom. The fourth-order valence-electron chi connectivity index (χ4n) is 2.29. The lowest BCUT2D eigenvalue weighted by Gasteiger charge is -2.28. The van der Waals surface area contributed by atoms with Gasteiger partial charge in [0.25, 0.3) is 0 Å². The van der Waals surface area contributed by atoms with E-state index >= 15 is 0 Å². The van der Waals surface area contributed by atoms with Gasteiger partial charge in [0.2, 0.25) is 17.6 Å². The SMILES string of the molecule is CC(=O)NCc1nc(-c2ccc(N3CCOCC3)cc2)no1. The van der Waals surface area contributed by atoms with Crippen molar-refractivity contribution < 1.29 is 14.1 Å². The lowest BCUT2D eigenvalue weighted by atomic mass is 10.2. The van der Waals surface area contributed by atoms with Crippen LogP contribution in [0.1, 0.15) is 12.8 Å². The molecular formula is C15H18N4O3. The number of amides is 1. The summed E-state index contributed by atoms with van der Waals surface area (Å²) in [4.78, 5) is 17.4. The molecule has 1 aromatic heterocycles. The second-order valence-corrected chi connectivity index (χ2v) is 5.07. The molecule has 0 bridgehead atoms. The molecule has 2 heterocycles. The third-order valence-corrected chi connectivity index (χ3v) is 3.46. The van der Waals surface area contributed by atoms with Crippen LogP contribution in [0.25, 0.3) is 11.4 Å². The molecule has 116 valence electrons. The van der Waals surface area contributed by atoms with Crippen molar-refractivity contribution in [3.8, 4) is 11.4 Å². The highest BCUT2D eigenvalue weighted by Crippen LogP contribution is 2.21. The van der Waals surface area contributed by atoms with E-state index in [0.717, 1.165) is 37.6 Å². The number of aromatic nitrogens is 2. The summed E-state index contributed by atoms with van der Waals surface area (Å²) in [6.07, 6.45) is 0. The number of ether oxygens (including phenoxy) is 1. The number of hydrogen-bond donors (Lipinski definition) is 1. The van der Waals surface area contributed by atoms with Gasteiger partial charge in [-0.1, -0.05) is 5.16 Å². The highest BCUT2D eigenvalue weighted by Gasteiger charge is 2.13. The zero-order valence-electron chi connectivity index (χ0n) is 12.4. The zero-order chi connectivity index (χ0) is 15.4. The maximum Gasteiger partial charge on any atom is 0.246 e. The van der Waals surface area contributed by atoms with Gasteiger partial charge in [0.05, 0.1) is 19.8 Å². The third kappa shape index (κ3) is 3.43. The average molecular weight is 302 g/mol. The Kier molecular flexibility index (Phi) is 4.34. The summed E-state index contributed by atoms with van der Waals surface area (Å²) in [7, 11) is 0. The van der Waals surface area contributed by atoms with Gasteiger partial charge in [-0.25, -0.2) is 0 Å². The van der Waals surface area contributed by atoms with Crippen molar-refractivity contribution in [2.45, 2.75) is 13.5 Å². The smallest absolute Gasteiger partial charge is 0.246 e. The van der Waals surface area contributed by atoms with Crippen LogP contribution in [-0.2, 0) is 16.1 Å². The highest BCUT2D eigenvalue weighted by atomic mass is 16.5. The molecule has 1 saturated heterocycles. The topological polar surface area (TPSA) is 80.5 Å². The van der Waals surface area contributed by atoms with E-state index in [9.17, 15) is 4.79 Å². The van der Waals surface area contributed by atoms with E-state index in [1.807, 2.05) is 24.3 Å². The first-order chi connectivity index (χ1) is 10.7. The summed E-state index contributed by atoms with van der Waals surface area (Å²) in [6, 6.07) is 8.03. The Labute approximate surface area is 128 Å². The minimum absolute atomic E-state index is 0.130. The summed E-state index contributed by atoms with van der Waals surface area (Å²) < 4.78 is 10.5. The molecule has 2 aromatic rings. The van der Waals surface area contributed by atoms with Crippen LogP contribution in [0.5, 0.6) is 0 Å². The minimum atomic E-state index is -0.130. The zero-order valence-corrected chi connectivity index (χ0v) is 12.4. The number of nitrogens with zero attached hydrogens (tertiary/aromatic N) is 3. The van der Waals surface area contributed by atoms with Crippen LogP contribution in [0.3, 0.4) is 0 Å². The Morgan fingerprint density at radius 2 is 2.00 bits per heavy atom. The number of nitrogens with one attached hydrogen (secondary N) is 1. The molecule has 1 N–H and O–H groups in total. The predicted octanol–water partition coefficient (Wildman–Crippen LogP) is 1.21. The quantitative estimate of drug-likeness (QED) is 0.914. The third-order valence-electron chi connectivity index (χ3n) is 3.46. The van der Waals surface area contributed by atoms with Crippen molar-refractivity contribution in [1.82, 2.24) is 15.5 Å². The van der Waals surface area contributed by atoms with Crippen LogP contribution in [0.15, 0.2) is 28.8 Å². The van der Waals surface area contributed by atoms with E-state index in [4.69, 9.17) is 9.26 Å². The highest BCUT2D eigenvalue weighted by molar-refractivity contribution is 5.72. The van der Waals surface area contributed by atoms with Gasteiger partial charge in [-0.3, -0.25) is 4.79 Å². The van der Waals surface area contributed by atoms with Crippen LogP contribution in [0, 0.1) is 0 Å². The summed E-state index contributed by atoms with van der Waals surface area (Å²) in [6.45, 7) is 5.03. The first-order valence-corrected chi connectivity index (χ1v) is 7.22. The fraction of sp³-hybridized carbons (Fsp3) is 0.400. The van der Waals surface area contributed by atoms with Gasteiger partial charge in [0.1, 0.15) is 0 Å². The van der Waals surface area contributed by atoms with Crippen LogP contribution < -0.4 is 10.2 Å². The largest absolute Gasteiger partial charge is 0.378 e. The number of rotatable bonds is 4. The monoisotopic (exact) mass is 302 g/mol. The van der Waals surface area contributed by atoms with E-state index < -0.39 is 0 Å². The Balaban J connectivity index is 1.68. The molecule has 7 heteroatoms. The number of anilines is 1. The number of carbonyl (C=O) groups excluding carboxylic acids is 1. The molecule has 0 unspecified atom stereocenters. The van der Waals surface area contributed by atoms with E-state index in [1.165, 1.54) is 6.92 Å². The molecule has 0 spiro atoms. The maximum atomic E-state index is 10.9. The Morgan fingerprint density at radius 3 is 2.68 bits per heavy atom. The normalized spacial score (nSPS) is 14.9. The van der Waals surface area contributed by atoms with Crippen molar-refractivity contribution in [2.24, 2.45) is 0 Å². The maximum absolute atomic E-state index is 10.9. The molecule has 1 fully saturated rings. The molecule has 7 nitrogen and oxygen atoms in total. The van der Waals surface area contributed by atoms with Crippen molar-refractivity contribution in [1.29, 1.82) is 0 Å². The molecule has 1 aliphatic rings. The van der Waals surface area contributed by atoms with E-state index in [-0.39, 0.29) is 12.5 Å². The molecule has 0 aliphatic carbocycles. The van der Waals surface area contributed by atoms with Gasteiger partial charge in [-0.2, -0.15) is 4.98 Å². The van der Waals surface area contributed by atoms with Crippen LogP contribution >= 0.6 is 0 Å². The molecule has 1 aliphatic heterocycles. The second-order valence-electron chi connectivity index (χ2n) is 5.07. The molecular weight excluding hydrogens is 284 g/mol. The molecule has 3 rings (SSSR count). The van der Waals surface area contributed by atoms with Gasteiger partial charge in [-0.05, 0) is 24.3 Å². The number of hydrogen-bond acceptors (Lipinski definition) is 6. The average Bonchev–Trinajstić information content (AvgIpc) is 3.03. The lowest BCUT2D eigenvalue weighted by Crippen LogP contribution is -2.36. The first-order valence-electron chi connectivity index (χ1n) is 7.22. The number of benzene rings is 1. The minimum Gasteiger partial charge on any atom is -0.378 e. The second kappa shape index (κ2) is 6.57. The van der Waals surface area contributed by atoms with Gasteiger partial charge < -0.3 is 19.5 Å². The lowest BCUT2D eigenvalue weighted by molar-refractivity contribution is -0.119. The van der Waals surface area contributed by atoms with Crippen LogP contribution in [-0.4, -0.2) is 42.4 Å². The molecule has 1 amide bonds. The fourth-order valence-corrected chi connectivity index (χ4v) is 2.29. The van der Waals surface area contributed by atoms with Crippen LogP contribution in [0.2, 0.25) is 0 Å². The van der Waals surface area contributed by atoms with Gasteiger partial charge in [-0.15, -0.1) is 0 Å². The Bertz CT molecular complexity index is 632. The molecule has 1 aromatic carbocycles. The molecule has 0 saturated carbocycles. The van der Waals surface area contributed by atoms with E-state index in [2.05, 4.69) is 20.4 Å². The molecule has 0 atom stereocenters. The number of carbonyl (C=O) groups is 1. The summed E-state index contributed by atoms with van der Waals surface area (Å²) in [5.41, 5.74) is 2.05. The van der Waals surface area contributed by atoms with Gasteiger partial charge >= 0.3 is 0 Å². The van der Waals surface area contributed by atoms with Crippen molar-refractivity contribution in [2.75, 3.05) is 31.2 Å². The Hall–Kier alpha value is -2.41. The van der Waals surface area contributed by atoms with E-state index in [1.54, 1.807) is 0 Å². The summed E-state index contributed by atoms with van der Waals surface area (Å²) >= 11 is 0. The van der Waals surface area contributed by atoms with Crippen molar-refractivity contribution >= 4 is 11.6 Å². The van der Waals surface area contributed by atoms with Crippen molar-refractivity contribution in [3.63, 3.8) is 0 Å². The summed E-state index contributed by atoms with van der Waals surface area (Å²) in [5, 5.41) is 6.56. The number of morpholine rings is 1. The first kappa shape index (κ1) is 14.5. The molecule has 0 radical (unpaired) electrons. The predicted molar refractivity (Wildman–Crippen MR) is 80.3 cm³/mol. The van der Waals surface area contributed by atoms with E-state index in [0.29, 0.717) is 11.7 Å². The summed E-state index contributed by atoms with van der Waals surface area (Å²) in [5.74, 6) is 0.783. The standard InChI is InChI=1S/C15H18N4O3/c1-11(20)16-10-14-17-15(18-22-14)12-2-4-13(5-3-12)19-6-8-21-9-7-19/h2-5H,6-10H2,1H3,(H,16,20). The van der Waals surface area contributed by atoms with Crippen molar-refractivity contribution in [3.05, 3.63) is 30.2 Å². The van der Waals surface area contributed by atoms with Gasteiger partial charge in [0.15, 0.2) is 0 Å².